The average molecular weight is 227 g/mol. The molecule has 0 atom stereocenters. The van der Waals surface area contributed by atoms with Gasteiger partial charge in [-0.1, -0.05) is 11.6 Å². The summed E-state index contributed by atoms with van der Waals surface area (Å²) in [7, 11) is 0. The number of hydrogen-bond acceptors (Lipinski definition) is 4. The second-order valence-electron chi connectivity index (χ2n) is 3.98. The van der Waals surface area contributed by atoms with Crippen molar-refractivity contribution in [1.29, 1.82) is 0 Å². The van der Waals surface area contributed by atoms with Crippen molar-refractivity contribution in [3.63, 3.8) is 0 Å². The molecule has 0 saturated heterocycles. The fourth-order valence-electron chi connectivity index (χ4n) is 1.88. The van der Waals surface area contributed by atoms with Crippen LogP contribution in [0.25, 0.3) is 0 Å². The molecule has 1 fully saturated rings. The highest BCUT2D eigenvalue weighted by molar-refractivity contribution is 6.29. The Kier molecular flexibility index (Phi) is 3.38. The molecule has 0 radical (unpaired) electrons. The van der Waals surface area contributed by atoms with Crippen molar-refractivity contribution >= 4 is 17.4 Å². The second kappa shape index (κ2) is 4.77. The van der Waals surface area contributed by atoms with Crippen LogP contribution in [-0.2, 0) is 0 Å². The van der Waals surface area contributed by atoms with Crippen LogP contribution in [0.1, 0.15) is 25.7 Å². The van der Waals surface area contributed by atoms with Crippen molar-refractivity contribution < 1.29 is 0 Å². The van der Waals surface area contributed by atoms with Crippen LogP contribution in [0, 0.1) is 0 Å². The third-order valence-corrected chi connectivity index (χ3v) is 2.91. The zero-order chi connectivity index (χ0) is 10.7. The monoisotopic (exact) mass is 226 g/mol. The number of rotatable bonds is 2. The Morgan fingerprint density at radius 2 is 2.00 bits per heavy atom. The molecule has 1 aromatic heterocycles. The lowest BCUT2D eigenvalue weighted by Gasteiger charge is -2.27. The Morgan fingerprint density at radius 1 is 1.27 bits per heavy atom. The molecule has 1 saturated carbocycles. The molecule has 0 spiro atoms. The van der Waals surface area contributed by atoms with E-state index >= 15 is 0 Å². The number of nitrogens with zero attached hydrogens (tertiary/aromatic N) is 2. The Morgan fingerprint density at radius 3 is 2.67 bits per heavy atom. The van der Waals surface area contributed by atoms with Gasteiger partial charge in [0.15, 0.2) is 0 Å². The Balaban J connectivity index is 1.92. The number of nitrogens with one attached hydrogen (secondary N) is 1. The lowest BCUT2D eigenvalue weighted by atomic mass is 9.92. The van der Waals surface area contributed by atoms with Gasteiger partial charge in [0.25, 0.3) is 0 Å². The molecule has 82 valence electrons. The molecule has 1 aliphatic rings. The van der Waals surface area contributed by atoms with Gasteiger partial charge in [-0.3, -0.25) is 4.98 Å². The second-order valence-corrected chi connectivity index (χ2v) is 4.37. The van der Waals surface area contributed by atoms with E-state index in [0.717, 1.165) is 31.5 Å². The minimum atomic E-state index is 0.369. The van der Waals surface area contributed by atoms with Gasteiger partial charge < -0.3 is 11.1 Å². The van der Waals surface area contributed by atoms with Crippen LogP contribution in [0.15, 0.2) is 12.4 Å². The number of anilines is 1. The first-order chi connectivity index (χ1) is 7.24. The summed E-state index contributed by atoms with van der Waals surface area (Å²) in [6, 6.07) is 0.825. The minimum Gasteiger partial charge on any atom is -0.366 e. The van der Waals surface area contributed by atoms with E-state index in [0.29, 0.717) is 17.2 Å². The maximum Gasteiger partial charge on any atom is 0.149 e. The molecular weight excluding hydrogens is 212 g/mol. The third kappa shape index (κ3) is 3.04. The van der Waals surface area contributed by atoms with Crippen LogP contribution in [-0.4, -0.2) is 22.1 Å². The highest BCUT2D eigenvalue weighted by Crippen LogP contribution is 2.20. The van der Waals surface area contributed by atoms with Crippen molar-refractivity contribution in [2.45, 2.75) is 37.8 Å². The fraction of sp³-hybridized carbons (Fsp3) is 0.600. The summed E-state index contributed by atoms with van der Waals surface area (Å²) in [5, 5.41) is 3.75. The number of nitrogens with two attached hydrogens (primary N) is 1. The predicted molar refractivity (Wildman–Crippen MR) is 60.9 cm³/mol. The van der Waals surface area contributed by atoms with Gasteiger partial charge in [-0.25, -0.2) is 4.98 Å². The standard InChI is InChI=1S/C10H15ClN4/c11-9-5-13-6-10(15-9)14-8-3-1-7(12)2-4-8/h5-8H,1-4,12H2,(H,14,15). The topological polar surface area (TPSA) is 63.8 Å². The van der Waals surface area contributed by atoms with Gasteiger partial charge in [0.2, 0.25) is 0 Å². The van der Waals surface area contributed by atoms with Crippen molar-refractivity contribution in [2.24, 2.45) is 5.73 Å². The molecule has 4 nitrogen and oxygen atoms in total. The highest BCUT2D eigenvalue weighted by Gasteiger charge is 2.18. The van der Waals surface area contributed by atoms with Crippen molar-refractivity contribution in [3.05, 3.63) is 17.5 Å². The predicted octanol–water partition coefficient (Wildman–Crippen LogP) is 1.81. The summed E-state index contributed by atoms with van der Waals surface area (Å²) >= 11 is 5.75. The van der Waals surface area contributed by atoms with Crippen molar-refractivity contribution in [3.8, 4) is 0 Å². The first-order valence-electron chi connectivity index (χ1n) is 5.23. The summed E-state index contributed by atoms with van der Waals surface area (Å²) in [4.78, 5) is 8.13. The summed E-state index contributed by atoms with van der Waals surface area (Å²) in [6.07, 6.45) is 7.56. The van der Waals surface area contributed by atoms with Gasteiger partial charge in [0, 0.05) is 12.1 Å². The maximum atomic E-state index is 5.84. The smallest absolute Gasteiger partial charge is 0.149 e. The van der Waals surface area contributed by atoms with Crippen LogP contribution >= 0.6 is 11.6 Å². The zero-order valence-corrected chi connectivity index (χ0v) is 9.24. The Hall–Kier alpha value is -0.870. The summed E-state index contributed by atoms with van der Waals surface area (Å²) in [5.74, 6) is 0.753. The largest absolute Gasteiger partial charge is 0.366 e. The van der Waals surface area contributed by atoms with E-state index < -0.39 is 0 Å². The van der Waals surface area contributed by atoms with Gasteiger partial charge in [0.1, 0.15) is 11.0 Å². The average Bonchev–Trinajstić information content (AvgIpc) is 2.22. The molecule has 5 heteroatoms. The van der Waals surface area contributed by atoms with Crippen LogP contribution in [0.4, 0.5) is 5.82 Å². The molecule has 1 aliphatic carbocycles. The van der Waals surface area contributed by atoms with Crippen LogP contribution in [0.2, 0.25) is 5.15 Å². The van der Waals surface area contributed by atoms with Gasteiger partial charge in [-0.05, 0) is 25.7 Å². The normalized spacial score (nSPS) is 26.3. The Bertz CT molecular complexity index is 323. The molecule has 0 bridgehead atoms. The first kappa shape index (κ1) is 10.6. The summed E-state index contributed by atoms with van der Waals surface area (Å²) in [5.41, 5.74) is 5.84. The molecule has 0 aromatic carbocycles. The van der Waals surface area contributed by atoms with Crippen LogP contribution < -0.4 is 11.1 Å². The minimum absolute atomic E-state index is 0.369. The molecule has 3 N–H and O–H groups in total. The zero-order valence-electron chi connectivity index (χ0n) is 8.49. The molecular formula is C10H15ClN4. The number of halogens is 1. The third-order valence-electron chi connectivity index (χ3n) is 2.73. The lowest BCUT2D eigenvalue weighted by molar-refractivity contribution is 0.410. The maximum absolute atomic E-state index is 5.84. The SMILES string of the molecule is NC1CCC(Nc2cncc(Cl)n2)CC1. The van der Waals surface area contributed by atoms with Gasteiger partial charge >= 0.3 is 0 Å². The van der Waals surface area contributed by atoms with E-state index in [1.807, 2.05) is 0 Å². The molecule has 0 amide bonds. The van der Waals surface area contributed by atoms with Gasteiger partial charge in [-0.2, -0.15) is 0 Å². The summed E-state index contributed by atoms with van der Waals surface area (Å²) < 4.78 is 0. The fourth-order valence-corrected chi connectivity index (χ4v) is 2.03. The number of aromatic nitrogens is 2. The van der Waals surface area contributed by atoms with E-state index in [2.05, 4.69) is 15.3 Å². The van der Waals surface area contributed by atoms with E-state index in [1.165, 1.54) is 6.20 Å². The molecule has 1 aromatic rings. The molecule has 1 heterocycles. The lowest BCUT2D eigenvalue weighted by Crippen LogP contribution is -2.33. The van der Waals surface area contributed by atoms with Crippen LogP contribution in [0.3, 0.4) is 0 Å². The summed E-state index contributed by atoms with van der Waals surface area (Å²) in [6.45, 7) is 0. The molecule has 0 unspecified atom stereocenters. The molecule has 15 heavy (non-hydrogen) atoms. The van der Waals surface area contributed by atoms with Crippen molar-refractivity contribution in [2.75, 3.05) is 5.32 Å². The number of hydrogen-bond donors (Lipinski definition) is 2. The van der Waals surface area contributed by atoms with Gasteiger partial charge in [0.05, 0.1) is 12.4 Å². The van der Waals surface area contributed by atoms with E-state index in [1.54, 1.807) is 6.20 Å². The van der Waals surface area contributed by atoms with Crippen molar-refractivity contribution in [1.82, 2.24) is 9.97 Å². The molecule has 0 aliphatic heterocycles. The van der Waals surface area contributed by atoms with Gasteiger partial charge in [-0.15, -0.1) is 0 Å². The Labute approximate surface area is 94.2 Å². The quantitative estimate of drug-likeness (QED) is 0.808. The van der Waals surface area contributed by atoms with E-state index in [-0.39, 0.29) is 0 Å². The molecule has 2 rings (SSSR count). The van der Waals surface area contributed by atoms with E-state index in [4.69, 9.17) is 17.3 Å². The first-order valence-corrected chi connectivity index (χ1v) is 5.61. The van der Waals surface area contributed by atoms with E-state index in [9.17, 15) is 0 Å². The van der Waals surface area contributed by atoms with Crippen LogP contribution in [0.5, 0.6) is 0 Å². The highest BCUT2D eigenvalue weighted by atomic mass is 35.5.